The molecule has 3 heterocycles. The number of benzene rings is 1. The van der Waals surface area contributed by atoms with Crippen molar-refractivity contribution in [3.05, 3.63) is 57.6 Å². The highest BCUT2D eigenvalue weighted by molar-refractivity contribution is 7.20. The molecule has 0 amide bonds. The molecule has 0 bridgehead atoms. The van der Waals surface area contributed by atoms with Crippen molar-refractivity contribution >= 4 is 33.6 Å². The van der Waals surface area contributed by atoms with Crippen LogP contribution in [0.3, 0.4) is 0 Å². The molecule has 4 aromatic rings. The van der Waals surface area contributed by atoms with Gasteiger partial charge in [-0.25, -0.2) is 9.78 Å². The third kappa shape index (κ3) is 2.22. The van der Waals surface area contributed by atoms with Crippen LogP contribution in [0.15, 0.2) is 56.4 Å². The molecule has 108 valence electrons. The van der Waals surface area contributed by atoms with Crippen LogP contribution in [0.2, 0.25) is 0 Å². The molecular formula is C16H9NO3S2. The number of fused-ring (bicyclic) bond motifs is 1. The van der Waals surface area contributed by atoms with E-state index in [0.29, 0.717) is 16.8 Å². The number of rotatable bonds is 2. The monoisotopic (exact) mass is 327 g/mol. The number of aromatic hydroxyl groups is 1. The number of phenolic OH excluding ortho intramolecular Hbond substituents is 1. The standard InChI is InChI=1S/C16H9NO3S2/c18-10-4-3-9-6-11(16(19)20-13(9)7-10)12-8-22-15(17-12)14-2-1-5-21-14/h1-8,18H. The van der Waals surface area contributed by atoms with Crippen molar-refractivity contribution in [2.75, 3.05) is 0 Å². The van der Waals surface area contributed by atoms with Gasteiger partial charge < -0.3 is 9.52 Å². The zero-order chi connectivity index (χ0) is 15.1. The first-order valence-corrected chi connectivity index (χ1v) is 8.23. The number of hydrogen-bond acceptors (Lipinski definition) is 6. The maximum Gasteiger partial charge on any atom is 0.345 e. The Morgan fingerprint density at radius 1 is 1.14 bits per heavy atom. The van der Waals surface area contributed by atoms with Crippen LogP contribution >= 0.6 is 22.7 Å². The summed E-state index contributed by atoms with van der Waals surface area (Å²) in [6.45, 7) is 0. The lowest BCUT2D eigenvalue weighted by molar-refractivity contribution is 0.473. The number of phenols is 1. The van der Waals surface area contributed by atoms with Crippen LogP contribution in [-0.4, -0.2) is 10.1 Å². The molecule has 22 heavy (non-hydrogen) atoms. The van der Waals surface area contributed by atoms with E-state index in [-0.39, 0.29) is 5.75 Å². The molecule has 1 N–H and O–H groups in total. The summed E-state index contributed by atoms with van der Waals surface area (Å²) in [6.07, 6.45) is 0. The van der Waals surface area contributed by atoms with Crippen molar-refractivity contribution in [1.29, 1.82) is 0 Å². The van der Waals surface area contributed by atoms with Crippen molar-refractivity contribution in [3.8, 4) is 26.9 Å². The van der Waals surface area contributed by atoms with Gasteiger partial charge in [-0.05, 0) is 29.6 Å². The van der Waals surface area contributed by atoms with E-state index in [9.17, 15) is 9.90 Å². The Bertz CT molecular complexity index is 1020. The third-order valence-electron chi connectivity index (χ3n) is 3.23. The average Bonchev–Trinajstić information content (AvgIpc) is 3.17. The second-order valence-electron chi connectivity index (χ2n) is 4.68. The molecular weight excluding hydrogens is 318 g/mol. The molecule has 0 unspecified atom stereocenters. The third-order valence-corrected chi connectivity index (χ3v) is 5.11. The first-order valence-electron chi connectivity index (χ1n) is 6.47. The van der Waals surface area contributed by atoms with Crippen molar-refractivity contribution < 1.29 is 9.52 Å². The van der Waals surface area contributed by atoms with Crippen molar-refractivity contribution in [3.63, 3.8) is 0 Å². The molecule has 0 atom stereocenters. The Kier molecular flexibility index (Phi) is 3.06. The van der Waals surface area contributed by atoms with Gasteiger partial charge in [0.1, 0.15) is 16.3 Å². The van der Waals surface area contributed by atoms with E-state index in [0.717, 1.165) is 15.3 Å². The molecule has 4 nitrogen and oxygen atoms in total. The van der Waals surface area contributed by atoms with E-state index in [1.807, 2.05) is 22.9 Å². The molecule has 4 rings (SSSR count). The molecule has 0 radical (unpaired) electrons. The molecule has 0 aliphatic carbocycles. The minimum atomic E-state index is -0.457. The molecule has 1 aromatic carbocycles. The molecule has 0 fully saturated rings. The fourth-order valence-corrected chi connectivity index (χ4v) is 3.82. The summed E-state index contributed by atoms with van der Waals surface area (Å²) in [5, 5.41) is 14.9. The predicted octanol–water partition coefficient (Wildman–Crippen LogP) is 4.35. The minimum absolute atomic E-state index is 0.0667. The van der Waals surface area contributed by atoms with Gasteiger partial charge in [-0.1, -0.05) is 6.07 Å². The summed E-state index contributed by atoms with van der Waals surface area (Å²) in [4.78, 5) is 17.8. The van der Waals surface area contributed by atoms with E-state index in [1.54, 1.807) is 29.5 Å². The number of nitrogens with zero attached hydrogens (tertiary/aromatic N) is 1. The summed E-state index contributed by atoms with van der Waals surface area (Å²) in [5.41, 5.74) is 0.943. The summed E-state index contributed by atoms with van der Waals surface area (Å²) in [5.74, 6) is 0.0667. The van der Waals surface area contributed by atoms with Crippen LogP contribution in [0.4, 0.5) is 0 Å². The molecule has 0 spiro atoms. The second-order valence-corrected chi connectivity index (χ2v) is 6.49. The molecule has 3 aromatic heterocycles. The second kappa shape index (κ2) is 5.08. The maximum absolute atomic E-state index is 12.2. The Labute approximate surface area is 132 Å². The summed E-state index contributed by atoms with van der Waals surface area (Å²) >= 11 is 3.11. The van der Waals surface area contributed by atoms with E-state index in [2.05, 4.69) is 4.98 Å². The molecule has 0 saturated carbocycles. The fraction of sp³-hybridized carbons (Fsp3) is 0. The molecule has 0 aliphatic rings. The van der Waals surface area contributed by atoms with Gasteiger partial charge in [0, 0.05) is 16.8 Å². The fourth-order valence-electron chi connectivity index (χ4n) is 2.19. The highest BCUT2D eigenvalue weighted by Gasteiger charge is 2.13. The van der Waals surface area contributed by atoms with Crippen molar-refractivity contribution in [1.82, 2.24) is 4.98 Å². The zero-order valence-corrected chi connectivity index (χ0v) is 12.8. The zero-order valence-electron chi connectivity index (χ0n) is 11.1. The smallest absolute Gasteiger partial charge is 0.345 e. The van der Waals surface area contributed by atoms with E-state index in [4.69, 9.17) is 4.42 Å². The lowest BCUT2D eigenvalue weighted by atomic mass is 10.1. The Balaban J connectivity index is 1.86. The van der Waals surface area contributed by atoms with E-state index in [1.165, 1.54) is 17.4 Å². The highest BCUT2D eigenvalue weighted by Crippen LogP contribution is 2.31. The summed E-state index contributed by atoms with van der Waals surface area (Å²) in [7, 11) is 0. The minimum Gasteiger partial charge on any atom is -0.508 e. The Hall–Kier alpha value is -2.44. The van der Waals surface area contributed by atoms with Crippen LogP contribution in [-0.2, 0) is 0 Å². The largest absolute Gasteiger partial charge is 0.508 e. The average molecular weight is 327 g/mol. The van der Waals surface area contributed by atoms with Gasteiger partial charge in [0.15, 0.2) is 0 Å². The van der Waals surface area contributed by atoms with Crippen molar-refractivity contribution in [2.24, 2.45) is 0 Å². The van der Waals surface area contributed by atoms with Gasteiger partial charge in [-0.2, -0.15) is 0 Å². The van der Waals surface area contributed by atoms with Crippen LogP contribution in [0.1, 0.15) is 0 Å². The predicted molar refractivity (Wildman–Crippen MR) is 88.6 cm³/mol. The van der Waals surface area contributed by atoms with Crippen LogP contribution in [0.5, 0.6) is 5.75 Å². The topological polar surface area (TPSA) is 63.3 Å². The number of thiophene rings is 1. The number of hydrogen-bond donors (Lipinski definition) is 1. The first kappa shape index (κ1) is 13.2. The molecule has 0 aliphatic heterocycles. The maximum atomic E-state index is 12.2. The lowest BCUT2D eigenvalue weighted by Gasteiger charge is -2.00. The summed E-state index contributed by atoms with van der Waals surface area (Å²) < 4.78 is 5.28. The van der Waals surface area contributed by atoms with Crippen LogP contribution in [0, 0.1) is 0 Å². The van der Waals surface area contributed by atoms with Crippen molar-refractivity contribution in [2.45, 2.75) is 0 Å². The summed E-state index contributed by atoms with van der Waals surface area (Å²) in [6, 6.07) is 10.4. The molecule has 0 saturated heterocycles. The van der Waals surface area contributed by atoms with E-state index >= 15 is 0 Å². The normalized spacial score (nSPS) is 11.1. The van der Waals surface area contributed by atoms with Gasteiger partial charge in [-0.15, -0.1) is 22.7 Å². The van der Waals surface area contributed by atoms with Gasteiger partial charge in [0.25, 0.3) is 0 Å². The van der Waals surface area contributed by atoms with E-state index < -0.39 is 5.63 Å². The first-order chi connectivity index (χ1) is 10.7. The van der Waals surface area contributed by atoms with Crippen LogP contribution < -0.4 is 5.63 Å². The van der Waals surface area contributed by atoms with Gasteiger partial charge in [-0.3, -0.25) is 0 Å². The Morgan fingerprint density at radius 2 is 2.05 bits per heavy atom. The highest BCUT2D eigenvalue weighted by atomic mass is 32.1. The van der Waals surface area contributed by atoms with Gasteiger partial charge in [0.05, 0.1) is 16.1 Å². The number of thiazole rings is 1. The Morgan fingerprint density at radius 3 is 2.86 bits per heavy atom. The molecule has 6 heteroatoms. The van der Waals surface area contributed by atoms with Crippen LogP contribution in [0.25, 0.3) is 32.1 Å². The SMILES string of the molecule is O=c1oc2cc(O)ccc2cc1-c1csc(-c2cccs2)n1. The lowest BCUT2D eigenvalue weighted by Crippen LogP contribution is -2.02. The van der Waals surface area contributed by atoms with Gasteiger partial charge in [0.2, 0.25) is 0 Å². The van der Waals surface area contributed by atoms with Gasteiger partial charge >= 0.3 is 5.63 Å². The quantitative estimate of drug-likeness (QED) is 0.556. The number of aromatic nitrogens is 1.